The van der Waals surface area contributed by atoms with Crippen molar-refractivity contribution in [1.82, 2.24) is 0 Å². The molecule has 1 rings (SSSR count). The van der Waals surface area contributed by atoms with E-state index in [1.807, 2.05) is 24.3 Å². The van der Waals surface area contributed by atoms with Crippen molar-refractivity contribution in [2.75, 3.05) is 11.5 Å². The fraction of sp³-hybridized carbons (Fsp3) is 0.533. The Balaban J connectivity index is 2.59. The second kappa shape index (κ2) is 7.47. The molecular formula is C15H22O2S. The van der Waals surface area contributed by atoms with Crippen molar-refractivity contribution in [1.29, 1.82) is 0 Å². The maximum Gasteiger partial charge on any atom is 0.175 e. The van der Waals surface area contributed by atoms with Gasteiger partial charge in [0.05, 0.1) is 5.75 Å². The average molecular weight is 266 g/mol. The van der Waals surface area contributed by atoms with Crippen LogP contribution in [-0.4, -0.2) is 21.5 Å². The standard InChI is InChI=1S/C15H22O2S/c1-4-5-10-18(17)11-15(16)14-8-6-13(7-9-14)12(2)3/h6-9,12H,4-5,10-11H2,1-3H3. The Hall–Kier alpha value is -0.960. The number of ketones is 1. The second-order valence-corrected chi connectivity index (χ2v) is 6.42. The molecule has 0 bridgehead atoms. The van der Waals surface area contributed by atoms with Crippen molar-refractivity contribution >= 4 is 16.6 Å². The van der Waals surface area contributed by atoms with Gasteiger partial charge in [-0.25, -0.2) is 0 Å². The minimum atomic E-state index is -1.01. The van der Waals surface area contributed by atoms with Crippen LogP contribution in [0.25, 0.3) is 0 Å². The Bertz CT molecular complexity index is 407. The van der Waals surface area contributed by atoms with Crippen LogP contribution < -0.4 is 0 Å². The van der Waals surface area contributed by atoms with Gasteiger partial charge >= 0.3 is 0 Å². The lowest BCUT2D eigenvalue weighted by molar-refractivity contribution is 0.102. The van der Waals surface area contributed by atoms with Gasteiger partial charge < -0.3 is 0 Å². The maximum atomic E-state index is 11.9. The van der Waals surface area contributed by atoms with Crippen molar-refractivity contribution in [2.45, 2.75) is 39.5 Å². The molecule has 1 unspecified atom stereocenters. The molecule has 1 atom stereocenters. The average Bonchev–Trinajstić information content (AvgIpc) is 2.36. The summed E-state index contributed by atoms with van der Waals surface area (Å²) in [7, 11) is -1.01. The minimum absolute atomic E-state index is 0.0141. The van der Waals surface area contributed by atoms with E-state index in [9.17, 15) is 9.00 Å². The van der Waals surface area contributed by atoms with Gasteiger partial charge in [0.2, 0.25) is 0 Å². The molecule has 0 saturated heterocycles. The molecule has 1 aromatic carbocycles. The first-order chi connectivity index (χ1) is 8.54. The fourth-order valence-electron chi connectivity index (χ4n) is 1.66. The zero-order chi connectivity index (χ0) is 13.5. The van der Waals surface area contributed by atoms with Crippen LogP contribution in [0.3, 0.4) is 0 Å². The van der Waals surface area contributed by atoms with Crippen molar-refractivity contribution in [3.63, 3.8) is 0 Å². The first kappa shape index (κ1) is 15.1. The van der Waals surface area contributed by atoms with Crippen LogP contribution in [0.4, 0.5) is 0 Å². The lowest BCUT2D eigenvalue weighted by Gasteiger charge is -2.06. The van der Waals surface area contributed by atoms with Crippen LogP contribution in [-0.2, 0) is 10.8 Å². The molecule has 0 N–H and O–H groups in total. The summed E-state index contributed by atoms with van der Waals surface area (Å²) >= 11 is 0. The number of carbonyl (C=O) groups excluding carboxylic acids is 1. The van der Waals surface area contributed by atoms with Gasteiger partial charge in [0, 0.05) is 22.1 Å². The highest BCUT2D eigenvalue weighted by Crippen LogP contribution is 2.15. The van der Waals surface area contributed by atoms with E-state index in [2.05, 4.69) is 20.8 Å². The highest BCUT2D eigenvalue weighted by atomic mass is 32.2. The topological polar surface area (TPSA) is 34.1 Å². The van der Waals surface area contributed by atoms with Crippen LogP contribution in [0, 0.1) is 0 Å². The van der Waals surface area contributed by atoms with Crippen LogP contribution in [0.1, 0.15) is 55.5 Å². The van der Waals surface area contributed by atoms with Gasteiger partial charge in [0.15, 0.2) is 5.78 Å². The highest BCUT2D eigenvalue weighted by Gasteiger charge is 2.10. The van der Waals surface area contributed by atoms with Crippen molar-refractivity contribution in [3.05, 3.63) is 35.4 Å². The van der Waals surface area contributed by atoms with E-state index < -0.39 is 10.8 Å². The monoisotopic (exact) mass is 266 g/mol. The van der Waals surface area contributed by atoms with E-state index in [0.29, 0.717) is 17.2 Å². The summed E-state index contributed by atoms with van der Waals surface area (Å²) in [6, 6.07) is 7.64. The van der Waals surface area contributed by atoms with E-state index in [-0.39, 0.29) is 11.5 Å². The lowest BCUT2D eigenvalue weighted by atomic mass is 10.0. The summed E-state index contributed by atoms with van der Waals surface area (Å²) in [5.74, 6) is 1.24. The molecule has 0 spiro atoms. The third kappa shape index (κ3) is 4.73. The molecule has 0 fully saturated rings. The molecule has 3 heteroatoms. The Kier molecular flexibility index (Phi) is 6.27. The Morgan fingerprint density at radius 2 is 1.83 bits per heavy atom. The molecule has 0 aliphatic rings. The number of hydrogen-bond acceptors (Lipinski definition) is 2. The molecule has 0 amide bonds. The maximum absolute atomic E-state index is 11.9. The Morgan fingerprint density at radius 3 is 2.33 bits per heavy atom. The molecule has 2 nitrogen and oxygen atoms in total. The second-order valence-electron chi connectivity index (χ2n) is 4.84. The summed E-state index contributed by atoms with van der Waals surface area (Å²) in [6.07, 6.45) is 1.94. The number of hydrogen-bond donors (Lipinski definition) is 0. The van der Waals surface area contributed by atoms with Crippen molar-refractivity contribution < 1.29 is 9.00 Å². The molecule has 0 radical (unpaired) electrons. The Labute approximate surface area is 112 Å². The third-order valence-electron chi connectivity index (χ3n) is 2.92. The SMILES string of the molecule is CCCCS(=O)CC(=O)c1ccc(C(C)C)cc1. The van der Waals surface area contributed by atoms with Crippen LogP contribution in [0.15, 0.2) is 24.3 Å². The third-order valence-corrected chi connectivity index (χ3v) is 4.25. The molecule has 0 aromatic heterocycles. The summed E-state index contributed by atoms with van der Waals surface area (Å²) in [5.41, 5.74) is 1.89. The number of Topliss-reactive ketones (excluding diaryl/α,β-unsaturated/α-hetero) is 1. The van der Waals surface area contributed by atoms with Gasteiger partial charge in [-0.15, -0.1) is 0 Å². The smallest absolute Gasteiger partial charge is 0.175 e. The quantitative estimate of drug-likeness (QED) is 0.707. The van der Waals surface area contributed by atoms with Crippen LogP contribution >= 0.6 is 0 Å². The van der Waals surface area contributed by atoms with Gasteiger partial charge in [-0.1, -0.05) is 51.5 Å². The summed E-state index contributed by atoms with van der Waals surface area (Å²) < 4.78 is 11.7. The number of unbranched alkanes of at least 4 members (excludes halogenated alkanes) is 1. The molecule has 0 saturated carbocycles. The van der Waals surface area contributed by atoms with E-state index in [4.69, 9.17) is 0 Å². The minimum Gasteiger partial charge on any atom is -0.293 e. The van der Waals surface area contributed by atoms with Gasteiger partial charge in [0.25, 0.3) is 0 Å². The number of benzene rings is 1. The summed E-state index contributed by atoms with van der Waals surface area (Å²) in [4.78, 5) is 11.9. The van der Waals surface area contributed by atoms with E-state index >= 15 is 0 Å². The first-order valence-electron chi connectivity index (χ1n) is 6.52. The molecule has 1 aromatic rings. The van der Waals surface area contributed by atoms with Gasteiger partial charge in [0.1, 0.15) is 0 Å². The molecular weight excluding hydrogens is 244 g/mol. The van der Waals surface area contributed by atoms with E-state index in [1.165, 1.54) is 5.56 Å². The van der Waals surface area contributed by atoms with Gasteiger partial charge in [-0.3, -0.25) is 9.00 Å². The first-order valence-corrected chi connectivity index (χ1v) is 8.01. The molecule has 0 aliphatic carbocycles. The number of rotatable bonds is 7. The lowest BCUT2D eigenvalue weighted by Crippen LogP contribution is -2.13. The summed E-state index contributed by atoms with van der Waals surface area (Å²) in [5, 5.41) is 0. The van der Waals surface area contributed by atoms with Crippen molar-refractivity contribution in [2.24, 2.45) is 0 Å². The molecule has 100 valence electrons. The summed E-state index contributed by atoms with van der Waals surface area (Å²) in [6.45, 7) is 6.30. The van der Waals surface area contributed by atoms with E-state index in [1.54, 1.807) is 0 Å². The fourth-order valence-corrected chi connectivity index (χ4v) is 2.88. The largest absolute Gasteiger partial charge is 0.293 e. The van der Waals surface area contributed by atoms with Crippen LogP contribution in [0.5, 0.6) is 0 Å². The molecule has 18 heavy (non-hydrogen) atoms. The highest BCUT2D eigenvalue weighted by molar-refractivity contribution is 7.85. The van der Waals surface area contributed by atoms with Gasteiger partial charge in [-0.2, -0.15) is 0 Å². The Morgan fingerprint density at radius 1 is 1.22 bits per heavy atom. The number of carbonyl (C=O) groups is 1. The van der Waals surface area contributed by atoms with Crippen LogP contribution in [0.2, 0.25) is 0 Å². The normalized spacial score (nSPS) is 12.7. The zero-order valence-corrected chi connectivity index (χ0v) is 12.3. The molecule has 0 heterocycles. The molecule has 0 aliphatic heterocycles. The van der Waals surface area contributed by atoms with Gasteiger partial charge in [-0.05, 0) is 17.9 Å². The van der Waals surface area contributed by atoms with E-state index in [0.717, 1.165) is 12.8 Å². The zero-order valence-electron chi connectivity index (χ0n) is 11.4. The predicted molar refractivity (Wildman–Crippen MR) is 77.6 cm³/mol. The van der Waals surface area contributed by atoms with Crippen molar-refractivity contribution in [3.8, 4) is 0 Å². The predicted octanol–water partition coefficient (Wildman–Crippen LogP) is 3.54.